The average molecular weight is 359 g/mol. The molecule has 1 aromatic heterocycles. The summed E-state index contributed by atoms with van der Waals surface area (Å²) >= 11 is 7.94. The molecule has 0 aromatic carbocycles. The molecule has 0 aliphatic carbocycles. The lowest BCUT2D eigenvalue weighted by Crippen LogP contribution is -2.24. The molecule has 15 heavy (non-hydrogen) atoms. The predicted molar refractivity (Wildman–Crippen MR) is 65.0 cm³/mol. The van der Waals surface area contributed by atoms with Crippen LogP contribution in [-0.4, -0.2) is 26.2 Å². The van der Waals surface area contributed by atoms with Gasteiger partial charge in [-0.2, -0.15) is 0 Å². The molecule has 1 N–H and O–H groups in total. The highest BCUT2D eigenvalue weighted by Crippen LogP contribution is 2.32. The van der Waals surface area contributed by atoms with Gasteiger partial charge in [-0.15, -0.1) is 11.3 Å². The monoisotopic (exact) mass is 357 g/mol. The van der Waals surface area contributed by atoms with Crippen molar-refractivity contribution in [2.24, 2.45) is 0 Å². The first-order valence-corrected chi connectivity index (χ1v) is 6.41. The number of methoxy groups -OCH3 is 1. The Kier molecular flexibility index (Phi) is 5.77. The predicted octanol–water partition coefficient (Wildman–Crippen LogP) is 2.58. The number of amides is 1. The number of hydrogen-bond acceptors (Lipinski definition) is 4. The topological polar surface area (TPSA) is 47.6 Å². The van der Waals surface area contributed by atoms with Crippen LogP contribution in [0.5, 0.6) is 0 Å². The van der Waals surface area contributed by atoms with Crippen LogP contribution in [-0.2, 0) is 9.57 Å². The summed E-state index contributed by atoms with van der Waals surface area (Å²) in [5.74, 6) is -0.262. The Morgan fingerprint density at radius 2 is 2.27 bits per heavy atom. The second kappa shape index (κ2) is 6.59. The maximum Gasteiger partial charge on any atom is 0.284 e. The van der Waals surface area contributed by atoms with E-state index in [-0.39, 0.29) is 5.91 Å². The van der Waals surface area contributed by atoms with Crippen LogP contribution in [0.25, 0.3) is 0 Å². The van der Waals surface area contributed by atoms with Crippen LogP contribution in [0, 0.1) is 0 Å². The third-order valence-corrected chi connectivity index (χ3v) is 4.68. The highest BCUT2D eigenvalue weighted by molar-refractivity contribution is 9.13. The van der Waals surface area contributed by atoms with Gasteiger partial charge in [0.2, 0.25) is 0 Å². The largest absolute Gasteiger partial charge is 0.382 e. The second-order valence-electron chi connectivity index (χ2n) is 2.50. The summed E-state index contributed by atoms with van der Waals surface area (Å²) in [5, 5.41) is 0. The molecule has 1 amide bonds. The fraction of sp³-hybridized carbons (Fsp3) is 0.375. The average Bonchev–Trinajstić information content (AvgIpc) is 2.54. The number of nitrogens with one attached hydrogen (secondary N) is 1. The molecule has 0 atom stereocenters. The van der Waals surface area contributed by atoms with E-state index < -0.39 is 0 Å². The Hall–Kier alpha value is 0.0500. The van der Waals surface area contributed by atoms with Crippen molar-refractivity contribution in [3.8, 4) is 0 Å². The van der Waals surface area contributed by atoms with Crippen molar-refractivity contribution >= 4 is 49.1 Å². The molecule has 0 radical (unpaired) electrons. The van der Waals surface area contributed by atoms with E-state index in [1.54, 1.807) is 13.2 Å². The summed E-state index contributed by atoms with van der Waals surface area (Å²) in [4.78, 5) is 16.9. The number of hydroxylamine groups is 1. The van der Waals surface area contributed by atoms with Gasteiger partial charge in [0.25, 0.3) is 5.91 Å². The molecule has 0 fully saturated rings. The minimum atomic E-state index is -0.262. The number of carbonyl (C=O) groups is 1. The highest BCUT2D eigenvalue weighted by atomic mass is 79.9. The third-order valence-electron chi connectivity index (χ3n) is 1.42. The maximum atomic E-state index is 11.5. The molecule has 1 aromatic rings. The molecule has 0 spiro atoms. The molecular weight excluding hydrogens is 350 g/mol. The van der Waals surface area contributed by atoms with Gasteiger partial charge in [-0.25, -0.2) is 5.48 Å². The number of carbonyl (C=O) groups excluding carboxylic acids is 1. The van der Waals surface area contributed by atoms with Crippen molar-refractivity contribution in [3.63, 3.8) is 0 Å². The number of ether oxygens (including phenoxy) is 1. The Morgan fingerprint density at radius 1 is 1.53 bits per heavy atom. The molecule has 1 rings (SSSR count). The van der Waals surface area contributed by atoms with Gasteiger partial charge in [-0.3, -0.25) is 9.63 Å². The first-order chi connectivity index (χ1) is 7.15. The number of thiophene rings is 1. The lowest BCUT2D eigenvalue weighted by Gasteiger charge is -2.02. The molecular formula is C8H9Br2NO3S. The van der Waals surface area contributed by atoms with Crippen LogP contribution in [0.1, 0.15) is 9.67 Å². The van der Waals surface area contributed by atoms with Crippen LogP contribution in [0.4, 0.5) is 0 Å². The molecule has 0 saturated heterocycles. The molecule has 4 nitrogen and oxygen atoms in total. The summed E-state index contributed by atoms with van der Waals surface area (Å²) in [7, 11) is 1.57. The van der Waals surface area contributed by atoms with E-state index in [0.29, 0.717) is 18.1 Å². The number of hydrogen-bond donors (Lipinski definition) is 1. The second-order valence-corrected chi connectivity index (χ2v) is 5.73. The van der Waals surface area contributed by atoms with Crippen LogP contribution < -0.4 is 5.48 Å². The molecule has 0 unspecified atom stereocenters. The van der Waals surface area contributed by atoms with E-state index in [1.807, 2.05) is 0 Å². The van der Waals surface area contributed by atoms with E-state index in [9.17, 15) is 4.79 Å². The van der Waals surface area contributed by atoms with Crippen LogP contribution in [0.15, 0.2) is 14.3 Å². The van der Waals surface area contributed by atoms with E-state index in [1.165, 1.54) is 11.3 Å². The van der Waals surface area contributed by atoms with Crippen LogP contribution >= 0.6 is 43.2 Å². The SMILES string of the molecule is COCCONC(=O)c1cc(Br)c(Br)s1. The standard InChI is InChI=1S/C8H9Br2NO3S/c1-13-2-3-14-11-8(12)6-4-5(9)7(10)15-6/h4H,2-3H2,1H3,(H,11,12). The van der Waals surface area contributed by atoms with Gasteiger partial charge in [0.15, 0.2) is 0 Å². The molecule has 84 valence electrons. The van der Waals surface area contributed by atoms with Crippen LogP contribution in [0.2, 0.25) is 0 Å². The zero-order valence-corrected chi connectivity index (χ0v) is 11.9. The quantitative estimate of drug-likeness (QED) is 0.650. The highest BCUT2D eigenvalue weighted by Gasteiger charge is 2.11. The van der Waals surface area contributed by atoms with Crippen molar-refractivity contribution in [1.29, 1.82) is 0 Å². The van der Waals surface area contributed by atoms with Gasteiger partial charge in [0.1, 0.15) is 0 Å². The van der Waals surface area contributed by atoms with Gasteiger partial charge in [-0.1, -0.05) is 0 Å². The van der Waals surface area contributed by atoms with Crippen molar-refractivity contribution in [2.75, 3.05) is 20.3 Å². The Balaban J connectivity index is 2.40. The van der Waals surface area contributed by atoms with Crippen molar-refractivity contribution < 1.29 is 14.4 Å². The summed E-state index contributed by atoms with van der Waals surface area (Å²) in [6.07, 6.45) is 0. The normalized spacial score (nSPS) is 10.3. The first kappa shape index (κ1) is 13.1. The van der Waals surface area contributed by atoms with E-state index in [2.05, 4.69) is 37.3 Å². The third kappa shape index (κ3) is 4.20. The lowest BCUT2D eigenvalue weighted by atomic mass is 10.5. The molecule has 0 bridgehead atoms. The van der Waals surface area contributed by atoms with Crippen molar-refractivity contribution in [2.45, 2.75) is 0 Å². The fourth-order valence-corrected chi connectivity index (χ4v) is 2.67. The zero-order valence-electron chi connectivity index (χ0n) is 7.88. The molecule has 0 aliphatic rings. The molecule has 0 saturated carbocycles. The lowest BCUT2D eigenvalue weighted by molar-refractivity contribution is 0.00915. The molecule has 1 heterocycles. The van der Waals surface area contributed by atoms with Gasteiger partial charge in [0, 0.05) is 11.6 Å². The van der Waals surface area contributed by atoms with Gasteiger partial charge >= 0.3 is 0 Å². The van der Waals surface area contributed by atoms with Crippen molar-refractivity contribution in [1.82, 2.24) is 5.48 Å². The van der Waals surface area contributed by atoms with Gasteiger partial charge < -0.3 is 4.74 Å². The van der Waals surface area contributed by atoms with E-state index in [0.717, 1.165) is 8.26 Å². The summed E-state index contributed by atoms with van der Waals surface area (Å²) in [6, 6.07) is 1.73. The first-order valence-electron chi connectivity index (χ1n) is 4.01. The Labute approximate surface area is 108 Å². The zero-order chi connectivity index (χ0) is 11.3. The van der Waals surface area contributed by atoms with Crippen molar-refractivity contribution in [3.05, 3.63) is 19.2 Å². The van der Waals surface area contributed by atoms with E-state index >= 15 is 0 Å². The summed E-state index contributed by atoms with van der Waals surface area (Å²) < 4.78 is 6.50. The molecule has 0 aliphatic heterocycles. The van der Waals surface area contributed by atoms with Crippen LogP contribution in [0.3, 0.4) is 0 Å². The fourth-order valence-electron chi connectivity index (χ4n) is 0.750. The Morgan fingerprint density at radius 3 is 2.80 bits per heavy atom. The Bertz CT molecular complexity index is 323. The van der Waals surface area contributed by atoms with E-state index in [4.69, 9.17) is 9.57 Å². The van der Waals surface area contributed by atoms with Gasteiger partial charge in [-0.05, 0) is 37.9 Å². The molecule has 7 heteroatoms. The minimum absolute atomic E-state index is 0.262. The van der Waals surface area contributed by atoms with Gasteiger partial charge in [0.05, 0.1) is 21.9 Å². The maximum absolute atomic E-state index is 11.5. The minimum Gasteiger partial charge on any atom is -0.382 e. The summed E-state index contributed by atoms with van der Waals surface area (Å²) in [6.45, 7) is 0.772. The summed E-state index contributed by atoms with van der Waals surface area (Å²) in [5.41, 5.74) is 2.32. The number of rotatable bonds is 5. The number of halogens is 2. The smallest absolute Gasteiger partial charge is 0.284 e.